The number of carbonyl (C=O) groups excluding carboxylic acids is 1. The van der Waals surface area contributed by atoms with Crippen LogP contribution >= 0.6 is 0 Å². The Kier molecular flexibility index (Phi) is 7.47. The lowest BCUT2D eigenvalue weighted by Gasteiger charge is -2.32. The van der Waals surface area contributed by atoms with E-state index in [-0.39, 0.29) is 10.8 Å². The van der Waals surface area contributed by atoms with Gasteiger partial charge in [-0.1, -0.05) is 24.3 Å². The van der Waals surface area contributed by atoms with Gasteiger partial charge in [-0.2, -0.15) is 0 Å². The van der Waals surface area contributed by atoms with Crippen molar-refractivity contribution in [3.05, 3.63) is 59.7 Å². The molecule has 0 atom stereocenters. The molecule has 1 aliphatic rings. The zero-order valence-electron chi connectivity index (χ0n) is 17.6. The van der Waals surface area contributed by atoms with Gasteiger partial charge < -0.3 is 15.1 Å². The number of rotatable bonds is 8. The molecule has 1 amide bonds. The summed E-state index contributed by atoms with van der Waals surface area (Å²) in [4.78, 5) is 17.4. The molecular weight excluding hydrogens is 400 g/mol. The Morgan fingerprint density at radius 1 is 1.03 bits per heavy atom. The lowest BCUT2D eigenvalue weighted by atomic mass is 10.1. The van der Waals surface area contributed by atoms with Crippen molar-refractivity contribution < 1.29 is 13.2 Å². The highest BCUT2D eigenvalue weighted by molar-refractivity contribution is 7.92. The number of sulfonamides is 1. The largest absolute Gasteiger partial charge is 0.352 e. The van der Waals surface area contributed by atoms with Crippen molar-refractivity contribution in [1.29, 1.82) is 0 Å². The highest BCUT2D eigenvalue weighted by Crippen LogP contribution is 2.21. The molecule has 1 fully saturated rings. The van der Waals surface area contributed by atoms with Gasteiger partial charge in [0.05, 0.1) is 10.6 Å². The zero-order valence-corrected chi connectivity index (χ0v) is 18.4. The van der Waals surface area contributed by atoms with Crippen LogP contribution in [0.2, 0.25) is 0 Å². The number of nitrogens with zero attached hydrogens (tertiary/aromatic N) is 2. The molecule has 2 aromatic rings. The maximum atomic E-state index is 12.6. The van der Waals surface area contributed by atoms with Crippen LogP contribution in [-0.2, 0) is 10.0 Å². The number of aryl methyl sites for hydroxylation is 1. The summed E-state index contributed by atoms with van der Waals surface area (Å²) in [5.41, 5.74) is 1.59. The van der Waals surface area contributed by atoms with E-state index in [0.29, 0.717) is 17.8 Å². The van der Waals surface area contributed by atoms with E-state index in [1.807, 2.05) is 0 Å². The predicted octanol–water partition coefficient (Wildman–Crippen LogP) is 2.16. The molecular formula is C22H30N4O3S. The minimum Gasteiger partial charge on any atom is -0.352 e. The highest BCUT2D eigenvalue weighted by Gasteiger charge is 2.17. The van der Waals surface area contributed by atoms with Crippen LogP contribution in [0.3, 0.4) is 0 Å². The van der Waals surface area contributed by atoms with Gasteiger partial charge in [-0.05, 0) is 56.8 Å². The van der Waals surface area contributed by atoms with Crippen LogP contribution in [0, 0.1) is 6.92 Å². The van der Waals surface area contributed by atoms with Crippen molar-refractivity contribution in [2.75, 3.05) is 51.0 Å². The molecule has 0 saturated carbocycles. The first-order chi connectivity index (χ1) is 14.3. The molecule has 2 aromatic carbocycles. The van der Waals surface area contributed by atoms with Gasteiger partial charge in [-0.15, -0.1) is 0 Å². The number of hydrogen-bond acceptors (Lipinski definition) is 5. The molecule has 1 aliphatic heterocycles. The normalized spacial score (nSPS) is 15.7. The topological polar surface area (TPSA) is 81.8 Å². The molecule has 0 spiro atoms. The summed E-state index contributed by atoms with van der Waals surface area (Å²) < 4.78 is 27.8. The van der Waals surface area contributed by atoms with Crippen LogP contribution in [0.25, 0.3) is 0 Å². The smallest absolute Gasteiger partial charge is 0.261 e. The first kappa shape index (κ1) is 22.3. The van der Waals surface area contributed by atoms with Crippen molar-refractivity contribution in [3.8, 4) is 0 Å². The summed E-state index contributed by atoms with van der Waals surface area (Å²) in [5.74, 6) is -0.200. The average Bonchev–Trinajstić information content (AvgIpc) is 2.74. The molecule has 7 nitrogen and oxygen atoms in total. The van der Waals surface area contributed by atoms with Gasteiger partial charge in [0.2, 0.25) is 0 Å². The van der Waals surface area contributed by atoms with Crippen molar-refractivity contribution >= 4 is 21.6 Å². The zero-order chi connectivity index (χ0) is 21.6. The Labute approximate surface area is 179 Å². The van der Waals surface area contributed by atoms with Gasteiger partial charge in [0.1, 0.15) is 0 Å². The molecule has 8 heteroatoms. The van der Waals surface area contributed by atoms with E-state index in [9.17, 15) is 13.2 Å². The first-order valence-electron chi connectivity index (χ1n) is 10.2. The second kappa shape index (κ2) is 10.1. The van der Waals surface area contributed by atoms with Gasteiger partial charge in [0.25, 0.3) is 15.9 Å². The summed E-state index contributed by atoms with van der Waals surface area (Å²) in [6.45, 7) is 7.64. The molecule has 1 heterocycles. The fourth-order valence-electron chi connectivity index (χ4n) is 3.35. The molecule has 30 heavy (non-hydrogen) atoms. The molecule has 2 N–H and O–H groups in total. The highest BCUT2D eigenvalue weighted by atomic mass is 32.2. The number of amides is 1. The van der Waals surface area contributed by atoms with E-state index >= 15 is 0 Å². The second-order valence-corrected chi connectivity index (χ2v) is 9.39. The van der Waals surface area contributed by atoms with Crippen LogP contribution in [0.5, 0.6) is 0 Å². The van der Waals surface area contributed by atoms with Gasteiger partial charge in [-0.25, -0.2) is 8.42 Å². The fourth-order valence-corrected chi connectivity index (χ4v) is 4.50. The summed E-state index contributed by atoms with van der Waals surface area (Å²) in [7, 11) is -1.57. The second-order valence-electron chi connectivity index (χ2n) is 7.70. The summed E-state index contributed by atoms with van der Waals surface area (Å²) in [6, 6.07) is 13.2. The number of hydrogen-bond donors (Lipinski definition) is 2. The number of benzene rings is 2. The number of anilines is 1. The van der Waals surface area contributed by atoms with E-state index in [4.69, 9.17) is 0 Å². The standard InChI is InChI=1S/C22H30N4O3S/c1-18-9-10-19(17-21(18)24-30(28,29)20-7-4-3-5-8-20)22(27)23-11-6-12-26-15-13-25(2)14-16-26/h3-5,7-10,17,24H,6,11-16H2,1-2H3,(H,23,27). The lowest BCUT2D eigenvalue weighted by molar-refractivity contribution is 0.0949. The molecule has 0 aliphatic carbocycles. The molecule has 162 valence electrons. The maximum Gasteiger partial charge on any atom is 0.261 e. The lowest BCUT2D eigenvalue weighted by Crippen LogP contribution is -2.45. The summed E-state index contributed by atoms with van der Waals surface area (Å²) >= 11 is 0. The van der Waals surface area contributed by atoms with E-state index in [2.05, 4.69) is 26.9 Å². The number of piperazine rings is 1. The van der Waals surface area contributed by atoms with Crippen LogP contribution in [-0.4, -0.2) is 70.4 Å². The predicted molar refractivity (Wildman–Crippen MR) is 119 cm³/mol. The van der Waals surface area contributed by atoms with Crippen molar-refractivity contribution in [1.82, 2.24) is 15.1 Å². The Hall–Kier alpha value is -2.42. The van der Waals surface area contributed by atoms with Crippen molar-refractivity contribution in [2.24, 2.45) is 0 Å². The maximum absolute atomic E-state index is 12.6. The van der Waals surface area contributed by atoms with Gasteiger partial charge in [0.15, 0.2) is 0 Å². The van der Waals surface area contributed by atoms with Gasteiger partial charge >= 0.3 is 0 Å². The van der Waals surface area contributed by atoms with Gasteiger partial charge in [-0.3, -0.25) is 9.52 Å². The van der Waals surface area contributed by atoms with Crippen LogP contribution < -0.4 is 10.0 Å². The number of carbonyl (C=O) groups is 1. The van der Waals surface area contributed by atoms with Crippen LogP contribution in [0.1, 0.15) is 22.3 Å². The molecule has 0 unspecified atom stereocenters. The Balaban J connectivity index is 1.55. The van der Waals surface area contributed by atoms with Gasteiger partial charge in [0, 0.05) is 38.3 Å². The third-order valence-electron chi connectivity index (χ3n) is 5.33. The molecule has 3 rings (SSSR count). The molecule has 0 radical (unpaired) electrons. The Morgan fingerprint density at radius 3 is 2.43 bits per heavy atom. The SMILES string of the molecule is Cc1ccc(C(=O)NCCCN2CCN(C)CC2)cc1NS(=O)(=O)c1ccccc1. The monoisotopic (exact) mass is 430 g/mol. The Morgan fingerprint density at radius 2 is 1.73 bits per heavy atom. The Bertz CT molecular complexity index is 956. The van der Waals surface area contributed by atoms with E-state index in [1.54, 1.807) is 43.3 Å². The fraction of sp³-hybridized carbons (Fsp3) is 0.409. The number of nitrogens with one attached hydrogen (secondary N) is 2. The van der Waals surface area contributed by atoms with Crippen molar-refractivity contribution in [3.63, 3.8) is 0 Å². The third kappa shape index (κ3) is 6.04. The minimum absolute atomic E-state index is 0.183. The van der Waals surface area contributed by atoms with Crippen LogP contribution in [0.15, 0.2) is 53.4 Å². The molecule has 1 saturated heterocycles. The molecule has 0 bridgehead atoms. The van der Waals surface area contributed by atoms with E-state index in [1.165, 1.54) is 12.1 Å². The summed E-state index contributed by atoms with van der Waals surface area (Å²) in [5, 5.41) is 2.94. The summed E-state index contributed by atoms with van der Waals surface area (Å²) in [6.07, 6.45) is 0.884. The third-order valence-corrected chi connectivity index (χ3v) is 6.71. The number of likely N-dealkylation sites (N-methyl/N-ethyl adjacent to an activating group) is 1. The van der Waals surface area contributed by atoms with Crippen molar-refractivity contribution in [2.45, 2.75) is 18.2 Å². The molecule has 0 aromatic heterocycles. The average molecular weight is 431 g/mol. The van der Waals surface area contributed by atoms with E-state index < -0.39 is 10.0 Å². The quantitative estimate of drug-likeness (QED) is 0.628. The minimum atomic E-state index is -3.71. The first-order valence-corrected chi connectivity index (χ1v) is 11.7. The van der Waals surface area contributed by atoms with E-state index in [0.717, 1.165) is 44.7 Å². The van der Waals surface area contributed by atoms with Crippen LogP contribution in [0.4, 0.5) is 5.69 Å².